The van der Waals surface area contributed by atoms with Crippen LogP contribution in [-0.4, -0.2) is 15.7 Å². The van der Waals surface area contributed by atoms with Crippen LogP contribution in [0.1, 0.15) is 23.5 Å². The van der Waals surface area contributed by atoms with E-state index >= 15 is 0 Å². The lowest BCUT2D eigenvalue weighted by Gasteiger charge is -2.05. The van der Waals surface area contributed by atoms with Crippen molar-refractivity contribution in [2.24, 2.45) is 5.92 Å². The summed E-state index contributed by atoms with van der Waals surface area (Å²) in [6.45, 7) is 0.474. The summed E-state index contributed by atoms with van der Waals surface area (Å²) in [5.74, 6) is 0.641. The van der Waals surface area contributed by atoms with Crippen LogP contribution in [0.15, 0.2) is 53.1 Å². The van der Waals surface area contributed by atoms with Crippen LogP contribution >= 0.6 is 50.7 Å². The lowest BCUT2D eigenvalue weighted by atomic mass is 10.1. The fourth-order valence-corrected chi connectivity index (χ4v) is 4.17. The number of hydrogen-bond donors (Lipinski definition) is 1. The van der Waals surface area contributed by atoms with Gasteiger partial charge < -0.3 is 5.32 Å². The molecule has 8 heteroatoms. The quantitative estimate of drug-likeness (QED) is 0.442. The van der Waals surface area contributed by atoms with Crippen LogP contribution in [-0.2, 0) is 11.3 Å². The van der Waals surface area contributed by atoms with Gasteiger partial charge in [0, 0.05) is 27.2 Å². The molecule has 2 aromatic carbocycles. The number of amides is 1. The Kier molecular flexibility index (Phi) is 5.70. The Morgan fingerprint density at radius 1 is 1.14 bits per heavy atom. The first-order chi connectivity index (χ1) is 13.4. The highest BCUT2D eigenvalue weighted by molar-refractivity contribution is 9.10. The first kappa shape index (κ1) is 19.8. The van der Waals surface area contributed by atoms with E-state index in [2.05, 4.69) is 26.3 Å². The normalized spacial score (nSPS) is 18.1. The van der Waals surface area contributed by atoms with E-state index in [4.69, 9.17) is 34.8 Å². The molecule has 0 aliphatic heterocycles. The van der Waals surface area contributed by atoms with E-state index in [0.29, 0.717) is 27.4 Å². The molecule has 1 aliphatic carbocycles. The van der Waals surface area contributed by atoms with Crippen molar-refractivity contribution in [1.82, 2.24) is 9.78 Å². The predicted molar refractivity (Wildman–Crippen MR) is 116 cm³/mol. The minimum absolute atomic E-state index is 0.0320. The summed E-state index contributed by atoms with van der Waals surface area (Å²) in [7, 11) is 0. The molecule has 1 amide bonds. The molecule has 144 valence electrons. The second kappa shape index (κ2) is 8.07. The van der Waals surface area contributed by atoms with Crippen molar-refractivity contribution in [2.75, 3.05) is 5.32 Å². The predicted octanol–water partition coefficient (Wildman–Crippen LogP) is 6.40. The molecule has 2 atom stereocenters. The number of rotatable bonds is 5. The van der Waals surface area contributed by atoms with Crippen molar-refractivity contribution in [3.8, 4) is 0 Å². The zero-order valence-corrected chi connectivity index (χ0v) is 18.4. The minimum Gasteiger partial charge on any atom is -0.308 e. The first-order valence-corrected chi connectivity index (χ1v) is 10.6. The fraction of sp³-hybridized carbons (Fsp3) is 0.200. The third-order valence-electron chi connectivity index (χ3n) is 4.73. The summed E-state index contributed by atoms with van der Waals surface area (Å²) in [6.07, 6.45) is 2.64. The van der Waals surface area contributed by atoms with E-state index < -0.39 is 0 Å². The van der Waals surface area contributed by atoms with Crippen molar-refractivity contribution in [1.29, 1.82) is 0 Å². The Morgan fingerprint density at radius 2 is 1.86 bits per heavy atom. The smallest absolute Gasteiger partial charge is 0.229 e. The molecule has 1 aliphatic rings. The van der Waals surface area contributed by atoms with Gasteiger partial charge in [-0.3, -0.25) is 9.48 Å². The van der Waals surface area contributed by atoms with Crippen molar-refractivity contribution in [3.63, 3.8) is 0 Å². The van der Waals surface area contributed by atoms with Gasteiger partial charge in [-0.05, 0) is 63.7 Å². The molecule has 1 fully saturated rings. The highest BCUT2D eigenvalue weighted by Gasteiger charge is 2.44. The number of nitrogens with zero attached hydrogens (tertiary/aromatic N) is 2. The SMILES string of the molecule is O=C(Nc1nn(Cc2ccc(Cl)cc2Cl)cc1Br)C1CC1c1ccc(Cl)cc1. The lowest BCUT2D eigenvalue weighted by Crippen LogP contribution is -2.15. The highest BCUT2D eigenvalue weighted by atomic mass is 79.9. The maximum Gasteiger partial charge on any atom is 0.229 e. The van der Waals surface area contributed by atoms with E-state index in [1.54, 1.807) is 16.8 Å². The Morgan fingerprint density at radius 3 is 2.57 bits per heavy atom. The molecule has 1 heterocycles. The van der Waals surface area contributed by atoms with Crippen molar-refractivity contribution in [2.45, 2.75) is 18.9 Å². The highest BCUT2D eigenvalue weighted by Crippen LogP contribution is 2.48. The Labute approximate surface area is 185 Å². The van der Waals surface area contributed by atoms with Crippen LogP contribution < -0.4 is 5.32 Å². The number of carbonyl (C=O) groups excluding carboxylic acids is 1. The van der Waals surface area contributed by atoms with Gasteiger partial charge >= 0.3 is 0 Å². The molecule has 1 aromatic heterocycles. The Bertz CT molecular complexity index is 1040. The lowest BCUT2D eigenvalue weighted by molar-refractivity contribution is -0.117. The molecule has 1 saturated carbocycles. The third kappa shape index (κ3) is 4.38. The van der Waals surface area contributed by atoms with Crippen LogP contribution in [0, 0.1) is 5.92 Å². The zero-order valence-electron chi connectivity index (χ0n) is 14.5. The molecule has 1 N–H and O–H groups in total. The molecule has 2 unspecified atom stereocenters. The number of hydrogen-bond acceptors (Lipinski definition) is 2. The van der Waals surface area contributed by atoms with E-state index in [1.807, 2.05) is 36.5 Å². The molecule has 0 radical (unpaired) electrons. The van der Waals surface area contributed by atoms with E-state index in [9.17, 15) is 4.79 Å². The van der Waals surface area contributed by atoms with Crippen LogP contribution in [0.3, 0.4) is 0 Å². The van der Waals surface area contributed by atoms with Gasteiger partial charge in [0.15, 0.2) is 5.82 Å². The number of halogens is 4. The average Bonchev–Trinajstić information content (AvgIpc) is 3.38. The standard InChI is InChI=1S/C20H15BrCl3N3O/c21-17-10-27(9-12-3-6-14(23)7-18(12)24)26-19(17)25-20(28)16-8-15(16)11-1-4-13(22)5-2-11/h1-7,10,15-16H,8-9H2,(H,25,26,28). The van der Waals surface area contributed by atoms with Crippen LogP contribution in [0.4, 0.5) is 5.82 Å². The Balaban J connectivity index is 1.41. The van der Waals surface area contributed by atoms with Gasteiger partial charge in [0.1, 0.15) is 0 Å². The van der Waals surface area contributed by atoms with Gasteiger partial charge in [0.25, 0.3) is 0 Å². The summed E-state index contributed by atoms with van der Waals surface area (Å²) >= 11 is 21.6. The second-order valence-electron chi connectivity index (χ2n) is 6.75. The maximum absolute atomic E-state index is 12.6. The summed E-state index contributed by atoms with van der Waals surface area (Å²) in [4.78, 5) is 12.6. The number of aromatic nitrogens is 2. The molecule has 0 bridgehead atoms. The topological polar surface area (TPSA) is 46.9 Å². The molecule has 4 nitrogen and oxygen atoms in total. The molecule has 4 rings (SSSR count). The van der Waals surface area contributed by atoms with Gasteiger partial charge in [0.2, 0.25) is 5.91 Å². The largest absolute Gasteiger partial charge is 0.308 e. The molecular formula is C20H15BrCl3N3O. The monoisotopic (exact) mass is 497 g/mol. The average molecular weight is 500 g/mol. The second-order valence-corrected chi connectivity index (χ2v) is 8.88. The van der Waals surface area contributed by atoms with E-state index in [0.717, 1.165) is 22.0 Å². The molecule has 0 spiro atoms. The third-order valence-corrected chi connectivity index (χ3v) is 6.15. The number of benzene rings is 2. The summed E-state index contributed by atoms with van der Waals surface area (Å²) in [6, 6.07) is 13.0. The zero-order chi connectivity index (χ0) is 19.8. The van der Waals surface area contributed by atoms with Crippen molar-refractivity contribution >= 4 is 62.5 Å². The maximum atomic E-state index is 12.6. The fourth-order valence-electron chi connectivity index (χ4n) is 3.16. The van der Waals surface area contributed by atoms with E-state index in [1.165, 1.54) is 0 Å². The number of carbonyl (C=O) groups is 1. The van der Waals surface area contributed by atoms with Gasteiger partial charge in [-0.15, -0.1) is 0 Å². The van der Waals surface area contributed by atoms with Gasteiger partial charge in [-0.1, -0.05) is 53.0 Å². The molecular weight excluding hydrogens is 485 g/mol. The molecule has 28 heavy (non-hydrogen) atoms. The summed E-state index contributed by atoms with van der Waals surface area (Å²) < 4.78 is 2.44. The van der Waals surface area contributed by atoms with Crippen molar-refractivity contribution in [3.05, 3.63) is 79.3 Å². The number of nitrogens with one attached hydrogen (secondary N) is 1. The van der Waals surface area contributed by atoms with E-state index in [-0.39, 0.29) is 17.7 Å². The summed E-state index contributed by atoms with van der Waals surface area (Å²) in [5, 5.41) is 9.23. The van der Waals surface area contributed by atoms with Gasteiger partial charge in [-0.2, -0.15) is 5.10 Å². The summed E-state index contributed by atoms with van der Waals surface area (Å²) in [5.41, 5.74) is 2.02. The number of anilines is 1. The first-order valence-electron chi connectivity index (χ1n) is 8.64. The Hall–Kier alpha value is -1.53. The van der Waals surface area contributed by atoms with Gasteiger partial charge in [-0.25, -0.2) is 0 Å². The van der Waals surface area contributed by atoms with Crippen LogP contribution in [0.25, 0.3) is 0 Å². The van der Waals surface area contributed by atoms with Gasteiger partial charge in [0.05, 0.1) is 11.0 Å². The minimum atomic E-state index is -0.0519. The van der Waals surface area contributed by atoms with Crippen LogP contribution in [0.5, 0.6) is 0 Å². The van der Waals surface area contributed by atoms with Crippen molar-refractivity contribution < 1.29 is 4.79 Å². The van der Waals surface area contributed by atoms with Crippen LogP contribution in [0.2, 0.25) is 15.1 Å². The molecule has 3 aromatic rings. The molecule has 0 saturated heterocycles.